The second kappa shape index (κ2) is 18.9. The van der Waals surface area contributed by atoms with Crippen molar-refractivity contribution >= 4 is 23.6 Å². The third-order valence-corrected chi connectivity index (χ3v) is 11.4. The summed E-state index contributed by atoms with van der Waals surface area (Å²) in [5, 5.41) is 24.6. The lowest BCUT2D eigenvalue weighted by Crippen LogP contribution is -2.70. The molecule has 11 heteroatoms. The van der Waals surface area contributed by atoms with Gasteiger partial charge in [0, 0.05) is 42.6 Å². The number of methoxy groups -OCH3 is 1. The average Bonchev–Trinajstić information content (AvgIpc) is 3.16. The Hall–Kier alpha value is -3.51. The number of unbranched alkanes of at least 4 members (excludes halogenated alkanes) is 2. The first kappa shape index (κ1) is 41.6. The van der Waals surface area contributed by atoms with Crippen LogP contribution in [0.1, 0.15) is 90.5 Å². The van der Waals surface area contributed by atoms with Gasteiger partial charge in [0.1, 0.15) is 28.9 Å². The molecule has 2 aromatic rings. The van der Waals surface area contributed by atoms with Gasteiger partial charge in [-0.25, -0.2) is 4.79 Å². The van der Waals surface area contributed by atoms with E-state index in [9.17, 15) is 15.0 Å². The summed E-state index contributed by atoms with van der Waals surface area (Å²) in [4.78, 5) is 22.8. The fourth-order valence-corrected chi connectivity index (χ4v) is 8.82. The predicted molar refractivity (Wildman–Crippen MR) is 213 cm³/mol. The van der Waals surface area contributed by atoms with Gasteiger partial charge >= 0.3 is 6.09 Å². The minimum atomic E-state index is -1.33. The number of allylic oxidation sites excluding steroid dienone is 1. The van der Waals surface area contributed by atoms with Gasteiger partial charge in [0.25, 0.3) is 0 Å². The van der Waals surface area contributed by atoms with E-state index in [4.69, 9.17) is 28.9 Å². The summed E-state index contributed by atoms with van der Waals surface area (Å²) in [5.41, 5.74) is 2.18. The number of ether oxygens (including phenoxy) is 4. The molecule has 1 saturated carbocycles. The Kier molecular flexibility index (Phi) is 14.6. The van der Waals surface area contributed by atoms with Crippen LogP contribution in [0.25, 0.3) is 0 Å². The number of aliphatic hydroxyl groups is 2. The predicted octanol–water partition coefficient (Wildman–Crippen LogP) is 9.11. The molecule has 2 aliphatic carbocycles. The van der Waals surface area contributed by atoms with Crippen molar-refractivity contribution in [1.29, 1.82) is 0 Å². The molecule has 3 aliphatic rings. The Labute approximate surface area is 325 Å². The highest BCUT2D eigenvalue weighted by Crippen LogP contribution is 2.62. The summed E-state index contributed by atoms with van der Waals surface area (Å²) in [5.74, 6) is 0.447. The van der Waals surface area contributed by atoms with Crippen molar-refractivity contribution in [3.05, 3.63) is 72.3 Å². The quantitative estimate of drug-likeness (QED) is 0.0663. The molecule has 1 heterocycles. The van der Waals surface area contributed by atoms with Crippen molar-refractivity contribution in [2.24, 2.45) is 22.9 Å². The molecule has 10 nitrogen and oxygen atoms in total. The molecule has 1 amide bonds. The van der Waals surface area contributed by atoms with Gasteiger partial charge < -0.3 is 34.0 Å². The molecule has 296 valence electrons. The molecule has 6 unspecified atom stereocenters. The molecule has 0 aromatic heterocycles. The Balaban J connectivity index is 1.78. The van der Waals surface area contributed by atoms with Gasteiger partial charge in [-0.1, -0.05) is 37.1 Å². The van der Waals surface area contributed by atoms with Crippen molar-refractivity contribution in [2.45, 2.75) is 107 Å². The summed E-state index contributed by atoms with van der Waals surface area (Å²) in [6, 6.07) is 13.4. The molecule has 1 fully saturated rings. The largest absolute Gasteiger partial charge is 0.459 e. The molecule has 2 N–H and O–H groups in total. The van der Waals surface area contributed by atoms with Gasteiger partial charge in [0.05, 0.1) is 25.3 Å². The summed E-state index contributed by atoms with van der Waals surface area (Å²) in [6.07, 6.45) is 11.5. The van der Waals surface area contributed by atoms with Crippen molar-refractivity contribution in [1.82, 2.24) is 4.90 Å². The number of hydrogen-bond acceptors (Lipinski definition) is 10. The highest BCUT2D eigenvalue weighted by atomic mass is 32.2. The first-order chi connectivity index (χ1) is 26.0. The normalized spacial score (nSPS) is 25.1. The topological polar surface area (TPSA) is 119 Å². The van der Waals surface area contributed by atoms with Crippen molar-refractivity contribution in [3.63, 3.8) is 0 Å². The molecule has 5 rings (SSSR count). The zero-order valence-corrected chi connectivity index (χ0v) is 33.7. The number of oxime groups is 1. The van der Waals surface area contributed by atoms with Crippen LogP contribution in [-0.4, -0.2) is 84.1 Å². The van der Waals surface area contributed by atoms with Crippen LogP contribution in [0.15, 0.2) is 76.8 Å². The fourth-order valence-electron chi connectivity index (χ4n) is 8.42. The number of carbonyl (C=O) groups excluding carboxylic acids is 1. The number of thioether (sulfide) groups is 1. The summed E-state index contributed by atoms with van der Waals surface area (Å²) >= 11 is 1.68. The molecule has 0 radical (unpaired) electrons. The van der Waals surface area contributed by atoms with Crippen LogP contribution >= 0.6 is 11.8 Å². The number of amides is 1. The maximum Gasteiger partial charge on any atom is 0.409 e. The van der Waals surface area contributed by atoms with E-state index in [0.29, 0.717) is 43.7 Å². The first-order valence-electron chi connectivity index (χ1n) is 19.5. The standard InChI is InChI=1S/C43H60N2O8S/c1-8-22-45(41(48)49-6)38-28-36(44-53-42(3,4)5)34-26-29(14-10-12-23-46)33(15-11-13-24-47)39-35-27-31(51-30-16-19-32(54-7)20-17-30)18-21-37(35)52-43(38,40(34)39)50-25-9-2/h9,16-21,26-27,29,33,38-40,46-47H,2,8,10-15,22-25,28H2,1,3-7H3. The van der Waals surface area contributed by atoms with Crippen LogP contribution in [0.2, 0.25) is 0 Å². The first-order valence-corrected chi connectivity index (χ1v) is 20.7. The summed E-state index contributed by atoms with van der Waals surface area (Å²) in [7, 11) is 1.40. The maximum atomic E-state index is 13.7. The van der Waals surface area contributed by atoms with Crippen molar-refractivity contribution in [3.8, 4) is 17.2 Å². The van der Waals surface area contributed by atoms with Crippen LogP contribution < -0.4 is 9.47 Å². The van der Waals surface area contributed by atoms with Crippen LogP contribution in [0, 0.1) is 17.8 Å². The van der Waals surface area contributed by atoms with Crippen LogP contribution in [0.3, 0.4) is 0 Å². The van der Waals surface area contributed by atoms with Crippen LogP contribution in [0.5, 0.6) is 17.2 Å². The zero-order chi connectivity index (χ0) is 38.9. The molecule has 1 aliphatic heterocycles. The van der Waals surface area contributed by atoms with E-state index >= 15 is 0 Å². The van der Waals surface area contributed by atoms with Crippen molar-refractivity contribution < 1.29 is 38.8 Å². The molecule has 0 spiro atoms. The van der Waals surface area contributed by atoms with Gasteiger partial charge in [-0.05, 0) is 119 Å². The molecule has 54 heavy (non-hydrogen) atoms. The summed E-state index contributed by atoms with van der Waals surface area (Å²) < 4.78 is 26.1. The van der Waals surface area contributed by atoms with Crippen molar-refractivity contribution in [2.75, 3.05) is 39.7 Å². The highest BCUT2D eigenvalue weighted by molar-refractivity contribution is 7.98. The third-order valence-electron chi connectivity index (χ3n) is 10.6. The Bertz CT molecular complexity index is 1620. The Morgan fingerprint density at radius 2 is 1.78 bits per heavy atom. The van der Waals surface area contributed by atoms with Gasteiger partial charge in [-0.3, -0.25) is 4.90 Å². The molecule has 0 saturated heterocycles. The van der Waals surface area contributed by atoms with E-state index in [0.717, 1.165) is 53.2 Å². The van der Waals surface area contributed by atoms with Crippen LogP contribution in [-0.2, 0) is 14.3 Å². The fraction of sp³-hybridized carbons (Fsp3) is 0.581. The van der Waals surface area contributed by atoms with E-state index in [1.54, 1.807) is 22.7 Å². The molecule has 6 atom stereocenters. The lowest BCUT2D eigenvalue weighted by atomic mass is 9.55. The Morgan fingerprint density at radius 1 is 1.07 bits per heavy atom. The minimum absolute atomic E-state index is 0.107. The van der Waals surface area contributed by atoms with Gasteiger partial charge in [0.2, 0.25) is 5.79 Å². The molecule has 2 aromatic carbocycles. The number of nitrogens with zero attached hydrogens (tertiary/aromatic N) is 2. The van der Waals surface area contributed by atoms with E-state index in [2.05, 4.69) is 18.7 Å². The lowest BCUT2D eigenvalue weighted by Gasteiger charge is -2.59. The van der Waals surface area contributed by atoms with Gasteiger partial charge in [-0.2, -0.15) is 0 Å². The number of benzene rings is 2. The number of carbonyl (C=O) groups is 1. The van der Waals surface area contributed by atoms with E-state index in [-0.39, 0.29) is 37.6 Å². The lowest BCUT2D eigenvalue weighted by molar-refractivity contribution is -0.255. The third kappa shape index (κ3) is 9.29. The van der Waals surface area contributed by atoms with E-state index in [1.807, 2.05) is 70.3 Å². The second-order valence-corrected chi connectivity index (χ2v) is 16.3. The monoisotopic (exact) mass is 764 g/mol. The van der Waals surface area contributed by atoms with E-state index < -0.39 is 29.4 Å². The number of aliphatic hydroxyl groups excluding tert-OH is 2. The number of hydrogen-bond donors (Lipinski definition) is 2. The molecule has 0 bridgehead atoms. The zero-order valence-electron chi connectivity index (χ0n) is 32.9. The summed E-state index contributed by atoms with van der Waals surface area (Å²) in [6.45, 7) is 12.8. The van der Waals surface area contributed by atoms with Gasteiger partial charge in [-0.15, -0.1) is 18.3 Å². The number of rotatable bonds is 18. The highest BCUT2D eigenvalue weighted by Gasteiger charge is 2.65. The SMILES string of the molecule is C=CCOC12Oc3ccc(Oc4ccc(SC)cc4)cc3C3C(CCCCO)C(CCCCO)C=C(C(=NOC(C)(C)C)CC1N(CCC)C(=O)OC)C32. The molecular weight excluding hydrogens is 705 g/mol. The van der Waals surface area contributed by atoms with E-state index in [1.165, 1.54) is 7.11 Å². The number of fused-ring (bicyclic) bond motifs is 2. The average molecular weight is 765 g/mol. The van der Waals surface area contributed by atoms with Gasteiger partial charge in [0.15, 0.2) is 0 Å². The Morgan fingerprint density at radius 3 is 2.41 bits per heavy atom. The smallest absolute Gasteiger partial charge is 0.409 e. The second-order valence-electron chi connectivity index (χ2n) is 15.4. The molecular formula is C43H60N2O8S. The minimum Gasteiger partial charge on any atom is -0.459 e. The van der Waals surface area contributed by atoms with Crippen LogP contribution in [0.4, 0.5) is 4.79 Å². The maximum absolute atomic E-state index is 13.7.